The molecule has 1 amide bonds. The maximum Gasteiger partial charge on any atom is 0.410 e. The molecule has 0 bridgehead atoms. The highest BCUT2D eigenvalue weighted by Gasteiger charge is 2.37. The quantitative estimate of drug-likeness (QED) is 0.779. The minimum absolute atomic E-state index is 0.0326. The fourth-order valence-corrected chi connectivity index (χ4v) is 3.41. The van der Waals surface area contributed by atoms with E-state index in [0.29, 0.717) is 12.1 Å². The largest absolute Gasteiger partial charge is 0.445 e. The molecule has 4 nitrogen and oxygen atoms in total. The lowest BCUT2D eigenvalue weighted by Gasteiger charge is -2.43. The summed E-state index contributed by atoms with van der Waals surface area (Å²) in [6.45, 7) is 5.41. The zero-order valence-corrected chi connectivity index (χ0v) is 15.3. The molecule has 0 aromatic heterocycles. The molecule has 2 aromatic rings. The van der Waals surface area contributed by atoms with Crippen LogP contribution in [0.3, 0.4) is 0 Å². The molecule has 0 radical (unpaired) electrons. The Hall–Kier alpha value is -2.80. The van der Waals surface area contributed by atoms with Gasteiger partial charge in [-0.1, -0.05) is 56.3 Å². The van der Waals surface area contributed by atoms with Gasteiger partial charge in [-0.05, 0) is 41.5 Å². The predicted octanol–water partition coefficient (Wildman–Crippen LogP) is 5.06. The monoisotopic (exact) mass is 348 g/mol. The second-order valence-electron chi connectivity index (χ2n) is 7.60. The smallest absolute Gasteiger partial charge is 0.410 e. The number of hydrogen-bond acceptors (Lipinski definition) is 3. The molecule has 0 spiro atoms. The van der Waals surface area contributed by atoms with Crippen molar-refractivity contribution in [1.82, 2.24) is 4.90 Å². The highest BCUT2D eigenvalue weighted by molar-refractivity contribution is 5.68. The van der Waals surface area contributed by atoms with Crippen LogP contribution in [0.4, 0.5) is 4.79 Å². The predicted molar refractivity (Wildman–Crippen MR) is 100 cm³/mol. The molecular weight excluding hydrogens is 324 g/mol. The number of benzene rings is 2. The van der Waals surface area contributed by atoms with Crippen molar-refractivity contribution in [2.75, 3.05) is 6.54 Å². The topological polar surface area (TPSA) is 53.3 Å². The Morgan fingerprint density at radius 1 is 1.19 bits per heavy atom. The molecule has 4 heteroatoms. The van der Waals surface area contributed by atoms with Crippen LogP contribution in [-0.2, 0) is 11.3 Å². The van der Waals surface area contributed by atoms with E-state index in [-0.39, 0.29) is 24.2 Å². The summed E-state index contributed by atoms with van der Waals surface area (Å²) < 4.78 is 5.57. The lowest BCUT2D eigenvalue weighted by Crippen LogP contribution is -2.43. The fraction of sp³-hybridized carbons (Fsp3) is 0.364. The van der Waals surface area contributed by atoms with Gasteiger partial charge in [0.1, 0.15) is 6.61 Å². The first-order valence-electron chi connectivity index (χ1n) is 8.96. The van der Waals surface area contributed by atoms with Crippen LogP contribution in [0.25, 0.3) is 0 Å². The molecule has 1 fully saturated rings. The van der Waals surface area contributed by atoms with Crippen molar-refractivity contribution in [3.8, 4) is 6.07 Å². The Morgan fingerprint density at radius 2 is 1.88 bits per heavy atom. The van der Waals surface area contributed by atoms with Gasteiger partial charge in [0, 0.05) is 6.54 Å². The van der Waals surface area contributed by atoms with Crippen molar-refractivity contribution in [1.29, 1.82) is 5.26 Å². The summed E-state index contributed by atoms with van der Waals surface area (Å²) in [5, 5.41) is 9.01. The van der Waals surface area contributed by atoms with Crippen molar-refractivity contribution in [2.24, 2.45) is 5.41 Å². The van der Waals surface area contributed by atoms with E-state index in [9.17, 15) is 4.79 Å². The molecular formula is C22H24N2O2. The minimum atomic E-state index is -0.279. The highest BCUT2D eigenvalue weighted by atomic mass is 16.6. The van der Waals surface area contributed by atoms with E-state index in [0.717, 1.165) is 24.0 Å². The maximum atomic E-state index is 12.7. The van der Waals surface area contributed by atoms with E-state index in [1.807, 2.05) is 59.5 Å². The number of carbonyl (C=O) groups is 1. The SMILES string of the molecule is CC1(C)CCN(C(=O)OCc2ccccc2)C(c2ccc(C#N)cc2)C1. The lowest BCUT2D eigenvalue weighted by molar-refractivity contribution is 0.0395. The summed E-state index contributed by atoms with van der Waals surface area (Å²) >= 11 is 0. The lowest BCUT2D eigenvalue weighted by atomic mass is 9.77. The van der Waals surface area contributed by atoms with Crippen molar-refractivity contribution in [2.45, 2.75) is 39.3 Å². The van der Waals surface area contributed by atoms with Crippen LogP contribution in [0.2, 0.25) is 0 Å². The van der Waals surface area contributed by atoms with Gasteiger partial charge in [0.25, 0.3) is 0 Å². The molecule has 1 unspecified atom stereocenters. The number of hydrogen-bond donors (Lipinski definition) is 0. The number of ether oxygens (including phenoxy) is 1. The first-order chi connectivity index (χ1) is 12.5. The maximum absolute atomic E-state index is 12.7. The number of piperidine rings is 1. The number of nitrogens with zero attached hydrogens (tertiary/aromatic N) is 2. The summed E-state index contributed by atoms with van der Waals surface area (Å²) in [4.78, 5) is 14.6. The molecule has 26 heavy (non-hydrogen) atoms. The standard InChI is InChI=1S/C22H24N2O2/c1-22(2)12-13-24(21(25)26-16-18-6-4-3-5-7-18)20(14-22)19-10-8-17(15-23)9-11-19/h3-11,20H,12-14,16H2,1-2H3. The Balaban J connectivity index is 1.76. The zero-order valence-electron chi connectivity index (χ0n) is 15.3. The van der Waals surface area contributed by atoms with E-state index < -0.39 is 0 Å². The average molecular weight is 348 g/mol. The molecule has 0 aliphatic carbocycles. The molecule has 1 aliphatic heterocycles. The second kappa shape index (κ2) is 7.61. The van der Waals surface area contributed by atoms with E-state index in [4.69, 9.17) is 10.00 Å². The van der Waals surface area contributed by atoms with Crippen molar-refractivity contribution >= 4 is 6.09 Å². The average Bonchev–Trinajstić information content (AvgIpc) is 2.66. The number of likely N-dealkylation sites (tertiary alicyclic amines) is 1. The van der Waals surface area contributed by atoms with Crippen LogP contribution in [-0.4, -0.2) is 17.5 Å². The summed E-state index contributed by atoms with van der Waals surface area (Å²) in [5.74, 6) is 0. The van der Waals surface area contributed by atoms with E-state index in [2.05, 4.69) is 19.9 Å². The summed E-state index contributed by atoms with van der Waals surface area (Å²) in [6, 6.07) is 19.3. The Bertz CT molecular complexity index is 791. The molecule has 1 aliphatic rings. The zero-order chi connectivity index (χ0) is 18.6. The Labute approximate surface area is 155 Å². The molecule has 0 saturated carbocycles. The van der Waals surface area contributed by atoms with Gasteiger partial charge in [-0.3, -0.25) is 0 Å². The normalized spacial score (nSPS) is 18.8. The number of amides is 1. The first-order valence-corrected chi connectivity index (χ1v) is 8.96. The van der Waals surface area contributed by atoms with Crippen LogP contribution in [0, 0.1) is 16.7 Å². The van der Waals surface area contributed by atoms with Crippen LogP contribution in [0.1, 0.15) is 49.4 Å². The minimum Gasteiger partial charge on any atom is -0.445 e. The van der Waals surface area contributed by atoms with Crippen LogP contribution < -0.4 is 0 Å². The van der Waals surface area contributed by atoms with Gasteiger partial charge in [-0.2, -0.15) is 5.26 Å². The molecule has 1 saturated heterocycles. The Kier molecular flexibility index (Phi) is 5.27. The molecule has 1 atom stereocenters. The van der Waals surface area contributed by atoms with Gasteiger partial charge in [-0.25, -0.2) is 4.79 Å². The van der Waals surface area contributed by atoms with Gasteiger partial charge in [0.05, 0.1) is 17.7 Å². The summed E-state index contributed by atoms with van der Waals surface area (Å²) in [6.07, 6.45) is 1.54. The van der Waals surface area contributed by atoms with Gasteiger partial charge >= 0.3 is 6.09 Å². The van der Waals surface area contributed by atoms with Gasteiger partial charge in [-0.15, -0.1) is 0 Å². The van der Waals surface area contributed by atoms with Crippen LogP contribution in [0.15, 0.2) is 54.6 Å². The number of carbonyl (C=O) groups excluding carboxylic acids is 1. The third-order valence-corrected chi connectivity index (χ3v) is 5.02. The Morgan fingerprint density at radius 3 is 2.54 bits per heavy atom. The van der Waals surface area contributed by atoms with E-state index in [1.165, 1.54) is 0 Å². The van der Waals surface area contributed by atoms with Crippen molar-refractivity contribution in [3.63, 3.8) is 0 Å². The fourth-order valence-electron chi connectivity index (χ4n) is 3.41. The number of rotatable bonds is 3. The van der Waals surface area contributed by atoms with Crippen LogP contribution >= 0.6 is 0 Å². The molecule has 3 rings (SSSR count). The number of nitriles is 1. The van der Waals surface area contributed by atoms with Crippen LogP contribution in [0.5, 0.6) is 0 Å². The molecule has 0 N–H and O–H groups in total. The highest BCUT2D eigenvalue weighted by Crippen LogP contribution is 2.41. The molecule has 134 valence electrons. The van der Waals surface area contributed by atoms with Crippen molar-refractivity contribution < 1.29 is 9.53 Å². The summed E-state index contributed by atoms with van der Waals surface area (Å²) in [7, 11) is 0. The van der Waals surface area contributed by atoms with Gasteiger partial charge in [0.2, 0.25) is 0 Å². The third-order valence-electron chi connectivity index (χ3n) is 5.02. The van der Waals surface area contributed by atoms with E-state index in [1.54, 1.807) is 0 Å². The second-order valence-corrected chi connectivity index (χ2v) is 7.60. The molecule has 1 heterocycles. The van der Waals surface area contributed by atoms with Gasteiger partial charge in [0.15, 0.2) is 0 Å². The summed E-state index contributed by atoms with van der Waals surface area (Å²) in [5.41, 5.74) is 2.82. The van der Waals surface area contributed by atoms with E-state index >= 15 is 0 Å². The first kappa shape index (κ1) is 18.0. The van der Waals surface area contributed by atoms with Crippen molar-refractivity contribution in [3.05, 3.63) is 71.3 Å². The third kappa shape index (κ3) is 4.23. The molecule has 2 aromatic carbocycles. The van der Waals surface area contributed by atoms with Gasteiger partial charge < -0.3 is 9.64 Å².